The van der Waals surface area contributed by atoms with Gasteiger partial charge in [-0.1, -0.05) is 11.6 Å². The Morgan fingerprint density at radius 3 is 3.00 bits per heavy atom. The van der Waals surface area contributed by atoms with E-state index in [9.17, 15) is 4.79 Å². The lowest BCUT2D eigenvalue weighted by Crippen LogP contribution is -2.50. The molecule has 2 aromatic rings. The van der Waals surface area contributed by atoms with E-state index in [0.717, 1.165) is 24.0 Å². The van der Waals surface area contributed by atoms with Crippen molar-refractivity contribution in [1.82, 2.24) is 4.98 Å². The lowest BCUT2D eigenvalue weighted by molar-refractivity contribution is -0.917. The fraction of sp³-hybridized carbons (Fsp3) is 0.471. The monoisotopic (exact) mass is 287 g/mol. The third-order valence-corrected chi connectivity index (χ3v) is 4.41. The molecule has 1 atom stereocenters. The summed E-state index contributed by atoms with van der Waals surface area (Å²) in [5.74, 6) is -0.0977. The average Bonchev–Trinajstić information content (AvgIpc) is 2.76. The van der Waals surface area contributed by atoms with Gasteiger partial charge in [0, 0.05) is 28.6 Å². The molecule has 21 heavy (non-hydrogen) atoms. The third-order valence-electron chi connectivity index (χ3n) is 4.41. The maximum Gasteiger partial charge on any atom is 0.361 e. The van der Waals surface area contributed by atoms with Crippen molar-refractivity contribution in [3.63, 3.8) is 0 Å². The van der Waals surface area contributed by atoms with Gasteiger partial charge < -0.3 is 14.2 Å². The van der Waals surface area contributed by atoms with Crippen LogP contribution in [0, 0.1) is 6.92 Å². The molecule has 0 bridgehead atoms. The molecule has 3 rings (SSSR count). The largest absolute Gasteiger partial charge is 0.462 e. The van der Waals surface area contributed by atoms with Crippen molar-refractivity contribution in [3.8, 4) is 0 Å². The van der Waals surface area contributed by atoms with E-state index in [2.05, 4.69) is 37.2 Å². The fourth-order valence-electron chi connectivity index (χ4n) is 3.31. The second kappa shape index (κ2) is 5.19. The zero-order valence-electron chi connectivity index (χ0n) is 13.0. The number of benzene rings is 1. The van der Waals surface area contributed by atoms with Gasteiger partial charge >= 0.3 is 5.97 Å². The zero-order chi connectivity index (χ0) is 15.0. The Morgan fingerprint density at radius 2 is 2.24 bits per heavy atom. The summed E-state index contributed by atoms with van der Waals surface area (Å²) in [5, 5.41) is 1.30. The lowest BCUT2D eigenvalue weighted by Gasteiger charge is -2.36. The number of H-pyrrole nitrogens is 1. The number of rotatable bonds is 3. The minimum absolute atomic E-state index is 0.0977. The highest BCUT2D eigenvalue weighted by Crippen LogP contribution is 2.31. The van der Waals surface area contributed by atoms with Crippen LogP contribution in [0.4, 0.5) is 0 Å². The first-order valence-corrected chi connectivity index (χ1v) is 7.60. The van der Waals surface area contributed by atoms with Crippen molar-refractivity contribution in [3.05, 3.63) is 35.0 Å². The van der Waals surface area contributed by atoms with Gasteiger partial charge in [-0.2, -0.15) is 0 Å². The number of aromatic amines is 1. The van der Waals surface area contributed by atoms with Crippen LogP contribution in [-0.4, -0.2) is 42.2 Å². The standard InChI is InChI=1S/C17H23N2O2/c1-4-21-17(20)11-19(3)8-7-16-14(10-19)13-9-12(2)5-6-15(13)18-16/h5-6,9,18H,4,7-8,10-11H2,1-3H3/q+1. The van der Waals surface area contributed by atoms with Crippen LogP contribution in [-0.2, 0) is 22.5 Å². The SMILES string of the molecule is CCOC(=O)C[N+]1(C)CCc2[nH]c3ccc(C)cc3c2C1. The second-order valence-electron chi connectivity index (χ2n) is 6.35. The fourth-order valence-corrected chi connectivity index (χ4v) is 3.31. The highest BCUT2D eigenvalue weighted by molar-refractivity contribution is 5.85. The molecule has 1 aromatic heterocycles. The van der Waals surface area contributed by atoms with Crippen LogP contribution < -0.4 is 0 Å². The Morgan fingerprint density at radius 1 is 1.43 bits per heavy atom. The minimum Gasteiger partial charge on any atom is -0.462 e. The van der Waals surface area contributed by atoms with Gasteiger partial charge in [0.15, 0.2) is 6.54 Å². The van der Waals surface area contributed by atoms with Gasteiger partial charge in [-0.3, -0.25) is 0 Å². The molecule has 2 heterocycles. The number of aryl methyl sites for hydroxylation is 1. The molecular formula is C17H23N2O2+. The van der Waals surface area contributed by atoms with Crippen molar-refractivity contribution in [2.24, 2.45) is 0 Å². The molecule has 1 N–H and O–H groups in total. The number of hydrogen-bond donors (Lipinski definition) is 1. The van der Waals surface area contributed by atoms with Gasteiger partial charge in [-0.15, -0.1) is 0 Å². The molecule has 0 saturated heterocycles. The van der Waals surface area contributed by atoms with E-state index in [1.165, 1.54) is 27.7 Å². The first-order valence-electron chi connectivity index (χ1n) is 7.60. The van der Waals surface area contributed by atoms with Crippen LogP contribution in [0.5, 0.6) is 0 Å². The van der Waals surface area contributed by atoms with Crippen molar-refractivity contribution in [2.45, 2.75) is 26.8 Å². The number of carbonyl (C=O) groups is 1. The van der Waals surface area contributed by atoms with E-state index in [0.29, 0.717) is 13.2 Å². The van der Waals surface area contributed by atoms with Crippen LogP contribution >= 0.6 is 0 Å². The second-order valence-corrected chi connectivity index (χ2v) is 6.35. The maximum absolute atomic E-state index is 11.8. The quantitative estimate of drug-likeness (QED) is 0.696. The molecule has 1 aliphatic heterocycles. The number of fused-ring (bicyclic) bond motifs is 3. The van der Waals surface area contributed by atoms with Gasteiger partial charge in [0.1, 0.15) is 6.54 Å². The number of hydrogen-bond acceptors (Lipinski definition) is 2. The number of nitrogens with zero attached hydrogens (tertiary/aromatic N) is 1. The Hall–Kier alpha value is -1.81. The van der Waals surface area contributed by atoms with Crippen molar-refractivity contribution in [2.75, 3.05) is 26.7 Å². The predicted octanol–water partition coefficient (Wildman–Crippen LogP) is 2.54. The molecule has 0 saturated carbocycles. The molecule has 112 valence electrons. The lowest BCUT2D eigenvalue weighted by atomic mass is 10.0. The van der Waals surface area contributed by atoms with Crippen molar-refractivity contribution < 1.29 is 14.0 Å². The predicted molar refractivity (Wildman–Crippen MR) is 83.0 cm³/mol. The van der Waals surface area contributed by atoms with Crippen LogP contribution in [0.2, 0.25) is 0 Å². The average molecular weight is 287 g/mol. The zero-order valence-corrected chi connectivity index (χ0v) is 13.0. The van der Waals surface area contributed by atoms with E-state index in [1.807, 2.05) is 6.92 Å². The summed E-state index contributed by atoms with van der Waals surface area (Å²) in [4.78, 5) is 15.4. The normalized spacial score (nSPS) is 21.3. The van der Waals surface area contributed by atoms with Crippen LogP contribution in [0.1, 0.15) is 23.7 Å². The number of nitrogens with one attached hydrogen (secondary N) is 1. The summed E-state index contributed by atoms with van der Waals surface area (Å²) in [6, 6.07) is 6.53. The van der Waals surface area contributed by atoms with Crippen LogP contribution in [0.15, 0.2) is 18.2 Å². The van der Waals surface area contributed by atoms with Gasteiger partial charge in [0.05, 0.1) is 20.2 Å². The van der Waals surface area contributed by atoms with Gasteiger partial charge in [0.2, 0.25) is 0 Å². The molecular weight excluding hydrogens is 264 g/mol. The highest BCUT2D eigenvalue weighted by Gasteiger charge is 2.33. The van der Waals surface area contributed by atoms with Crippen molar-refractivity contribution in [1.29, 1.82) is 0 Å². The minimum atomic E-state index is -0.0977. The number of aromatic nitrogens is 1. The highest BCUT2D eigenvalue weighted by atomic mass is 16.5. The molecule has 0 aliphatic carbocycles. The summed E-state index contributed by atoms with van der Waals surface area (Å²) >= 11 is 0. The van der Waals surface area contributed by atoms with E-state index >= 15 is 0 Å². The van der Waals surface area contributed by atoms with Gasteiger partial charge in [-0.25, -0.2) is 4.79 Å². The van der Waals surface area contributed by atoms with E-state index in [1.54, 1.807) is 0 Å². The smallest absolute Gasteiger partial charge is 0.361 e. The number of quaternary nitrogens is 1. The molecule has 0 radical (unpaired) electrons. The molecule has 1 aromatic carbocycles. The number of esters is 1. The summed E-state index contributed by atoms with van der Waals surface area (Å²) in [6.07, 6.45) is 0.985. The molecule has 0 amide bonds. The summed E-state index contributed by atoms with van der Waals surface area (Å²) < 4.78 is 5.85. The van der Waals surface area contributed by atoms with Gasteiger partial charge in [0.25, 0.3) is 0 Å². The Balaban J connectivity index is 1.92. The summed E-state index contributed by atoms with van der Waals surface area (Å²) in [5.41, 5.74) is 5.17. The number of likely N-dealkylation sites (N-methyl/N-ethyl adjacent to an activating group) is 1. The molecule has 4 nitrogen and oxygen atoms in total. The van der Waals surface area contributed by atoms with E-state index in [4.69, 9.17) is 4.74 Å². The van der Waals surface area contributed by atoms with E-state index in [-0.39, 0.29) is 5.97 Å². The summed E-state index contributed by atoms with van der Waals surface area (Å²) in [6.45, 7) is 6.74. The Labute approximate surface area is 125 Å². The third kappa shape index (κ3) is 2.68. The van der Waals surface area contributed by atoms with Crippen LogP contribution in [0.25, 0.3) is 10.9 Å². The molecule has 1 unspecified atom stereocenters. The van der Waals surface area contributed by atoms with Crippen LogP contribution in [0.3, 0.4) is 0 Å². The molecule has 1 aliphatic rings. The Kier molecular flexibility index (Phi) is 3.49. The molecule has 0 spiro atoms. The molecule has 4 heteroatoms. The maximum atomic E-state index is 11.8. The molecule has 0 fully saturated rings. The number of carbonyl (C=O) groups excluding carboxylic acids is 1. The summed E-state index contributed by atoms with van der Waals surface area (Å²) in [7, 11) is 2.15. The Bertz CT molecular complexity index is 689. The topological polar surface area (TPSA) is 42.1 Å². The first-order chi connectivity index (χ1) is 10.0. The van der Waals surface area contributed by atoms with Gasteiger partial charge in [-0.05, 0) is 26.0 Å². The van der Waals surface area contributed by atoms with E-state index < -0.39 is 0 Å². The first kappa shape index (κ1) is 14.1. The number of ether oxygens (including phenoxy) is 1. The van der Waals surface area contributed by atoms with Crippen molar-refractivity contribution >= 4 is 16.9 Å².